The topological polar surface area (TPSA) is 350 Å². The Morgan fingerprint density at radius 1 is 0.485 bits per heavy atom. The molecule has 12 rings (SSSR count). The molecule has 0 aromatic heterocycles. The van der Waals surface area contributed by atoms with E-state index in [1.807, 2.05) is 48.5 Å². The van der Waals surface area contributed by atoms with E-state index in [9.17, 15) is 69.9 Å². The number of ketones is 2. The van der Waals surface area contributed by atoms with Gasteiger partial charge >= 0.3 is 17.9 Å². The van der Waals surface area contributed by atoms with E-state index >= 15 is 0 Å². The fourth-order valence-corrected chi connectivity index (χ4v) is 22.8. The summed E-state index contributed by atoms with van der Waals surface area (Å²) in [7, 11) is 0. The van der Waals surface area contributed by atoms with Crippen molar-refractivity contribution < 1.29 is 335 Å². The normalized spacial score (nSPS) is 47.1. The van der Waals surface area contributed by atoms with E-state index in [2.05, 4.69) is 0 Å². The molecule has 23 nitrogen and oxygen atoms in total. The largest absolute Gasteiger partial charge is 0.459 e. The van der Waals surface area contributed by atoms with Crippen LogP contribution < -0.4 is 0 Å². The van der Waals surface area contributed by atoms with Crippen molar-refractivity contribution in [2.75, 3.05) is 38.5 Å². The molecule has 27 atom stereocenters. The summed E-state index contributed by atoms with van der Waals surface area (Å²) in [5.41, 5.74) is -12.8. The summed E-state index contributed by atoms with van der Waals surface area (Å²) < 4.78 is 74.6. The second-order valence-corrected chi connectivity index (χ2v) is 34.7. The van der Waals surface area contributed by atoms with Gasteiger partial charge in [-0.05, 0) is 122 Å². The fourth-order valence-electron chi connectivity index (χ4n) is 21.7. The molecule has 3 unspecified atom stereocenters. The maximum atomic E-state index is 14.0. The standard InChI is InChI=1S/C24H38O8S.C24H36O8S.C24H36O7S.5Ac/c2*1-11-8-15-23(28,10-30-15)18-20(31-13(3)25)24(29)9-14(32-33-7)12(2)16(21(24,4)5)17(26)19(27)22(11,18)6;1-12-8-17-23(27,11-29-17)19-20(30-14(3)25)24(28)10-16(31-32-7)13(2)18(21(24,4)5)15(26)9-22(12,19)6;;;;;/h11,14-15,17-20,26-29H,8-10H2,1-7H3;11,14-15,18-20,27-29H,8-10H2,1-7H3;12,16-17,19-20,27-28H,8-11H2,1-7H3;;;;;/t11-,14-,15+,17+,18?,19+,20-,22+,23-,24+;11-,14-,15+,18?,19+,20-,22+,23-,24+;12-,16-,17+,19?,20-,22+,23-,24+;;;;;/m000...../s1/i3*7T;;;;;. The van der Waals surface area contributed by atoms with Crippen molar-refractivity contribution >= 4 is 65.6 Å². The summed E-state index contributed by atoms with van der Waals surface area (Å²) in [6.07, 6.45) is -9.68. The summed E-state index contributed by atoms with van der Waals surface area (Å²) in [5.74, 6) is -5.50. The van der Waals surface area contributed by atoms with Crippen LogP contribution in [0, 0.1) is 288 Å². The van der Waals surface area contributed by atoms with Crippen molar-refractivity contribution in [3.8, 4) is 0 Å². The second-order valence-electron chi connectivity index (χ2n) is 33.4. The minimum Gasteiger partial charge on any atom is -0.459 e. The third-order valence-electron chi connectivity index (χ3n) is 28.0. The molecule has 0 amide bonds. The van der Waals surface area contributed by atoms with Gasteiger partial charge in [0.05, 0.1) is 62.5 Å². The quantitative estimate of drug-likeness (QED) is 0.0536. The number of carbonyl (C=O) groups is 5. The number of ether oxygens (including phenoxy) is 6. The van der Waals surface area contributed by atoms with E-state index in [4.69, 9.17) is 45.1 Å². The van der Waals surface area contributed by atoms with Crippen LogP contribution in [0.2, 0.25) is 0 Å². The van der Waals surface area contributed by atoms with Gasteiger partial charge in [-0.15, -0.1) is 0 Å². The van der Waals surface area contributed by atoms with Gasteiger partial charge in [-0.2, -0.15) is 0 Å². The number of fused-ring (bicyclic) bond motifs is 15. The van der Waals surface area contributed by atoms with Gasteiger partial charge in [0, 0.05) is 346 Å². The Morgan fingerprint density at radius 2 is 0.816 bits per heavy atom. The molecule has 3 aliphatic heterocycles. The van der Waals surface area contributed by atoms with Gasteiger partial charge in [0.25, 0.3) is 0 Å². The van der Waals surface area contributed by atoms with Crippen LogP contribution in [0.15, 0.2) is 33.4 Å². The zero-order valence-corrected chi connectivity index (χ0v) is 89.1. The maximum absolute atomic E-state index is 14.0. The Bertz CT molecular complexity index is 3400. The van der Waals surface area contributed by atoms with Crippen LogP contribution >= 0.6 is 36.1 Å². The fraction of sp³-hybridized carbons (Fsp3) is 0.847. The van der Waals surface area contributed by atoms with E-state index < -0.39 is 181 Å². The zero-order valence-electron chi connectivity index (χ0n) is 65.9. The minimum absolute atomic E-state index is 0. The number of Topliss-reactive ketones (excluding diaryl/α,β-unsaturated/α-hetero) is 2. The molecule has 9 fully saturated rings. The Balaban J connectivity index is 0.000000279. The van der Waals surface area contributed by atoms with Crippen LogP contribution in [-0.2, 0) is 64.9 Å². The molecule has 9 aliphatic carbocycles. The van der Waals surface area contributed by atoms with Crippen molar-refractivity contribution in [1.29, 1.82) is 0 Å². The molecule has 3 heterocycles. The van der Waals surface area contributed by atoms with Gasteiger partial charge in [-0.3, -0.25) is 24.0 Å². The summed E-state index contributed by atoms with van der Waals surface area (Å²) in [5, 5.41) is 108. The van der Waals surface area contributed by atoms with Crippen LogP contribution in [0.3, 0.4) is 0 Å². The Kier molecular flexibility index (Phi) is 31.2. The summed E-state index contributed by atoms with van der Waals surface area (Å²) in [6, 6.07) is 0. The monoisotopic (exact) mass is 2580 g/mol. The van der Waals surface area contributed by atoms with Gasteiger partial charge < -0.3 is 86.9 Å². The number of hydrogen-bond acceptors (Lipinski definition) is 26. The van der Waals surface area contributed by atoms with Crippen LogP contribution in [0.25, 0.3) is 0 Å². The molecule has 0 spiro atoms. The van der Waals surface area contributed by atoms with Gasteiger partial charge in [-0.1, -0.05) is 83.1 Å². The molecule has 3 saturated heterocycles. The molecule has 31 heteroatoms. The SMILES string of the molecule is [3H]CSO[C@H]1C[C@@]2(O)[C@@H](OC(C)=O)C3[C@](C)(CC(=O)C(=C1C)C2(C)C)[C@@H](C)C[C@H]1OC[C@@]31O.[3H]CSO[C@H]1C[C@@]2(O)[C@@H](OC(C)=O)C3[C@](C)([C@H](O)C(=O)C(=C1C)C2(C)C)[C@@H](C)C[C@H]1OC[C@@]31O.[3H]CSO[C@H]1C[C@@]2(O)[C@@H](OC(C)=O)C3[C@](C)([C@H](O)[C@H](O)C(=C1C)C2(C)C)[C@@H](C)C[C@H]1OC[C@@]31O.[Ac].[Ac].[Ac].[Ac].[Ac]. The first kappa shape index (κ1) is 93.1. The number of aliphatic hydroxyl groups excluding tert-OH is 3. The van der Waals surface area contributed by atoms with Gasteiger partial charge in [0.1, 0.15) is 64.1 Å². The Labute approximate surface area is 804 Å². The van der Waals surface area contributed by atoms with E-state index in [1.165, 1.54) is 20.8 Å². The van der Waals surface area contributed by atoms with Gasteiger partial charge in [0.15, 0.2) is 11.6 Å². The maximum Gasteiger partial charge on any atom is 0.303 e. The van der Waals surface area contributed by atoms with E-state index in [-0.39, 0.29) is 314 Å². The molecule has 103 heavy (non-hydrogen) atoms. The Hall–Kier alpha value is 4.63. The number of carbonyl (C=O) groups excluding carboxylic acids is 5. The zero-order chi connectivity index (χ0) is 75.4. The smallest absolute Gasteiger partial charge is 0.303 e. The van der Waals surface area contributed by atoms with E-state index in [0.29, 0.717) is 41.6 Å². The molecule has 6 bridgehead atoms. The molecule has 5 radical (unpaired) electrons. The molecule has 12 aliphatic rings. The average molecular weight is 2580 g/mol. The first-order chi connectivity index (χ1) is 46.6. The summed E-state index contributed by atoms with van der Waals surface area (Å²) >= 11 is 2.76. The molecule has 0 aromatic rings. The predicted molar refractivity (Wildman–Crippen MR) is 363 cm³/mol. The van der Waals surface area contributed by atoms with Gasteiger partial charge in [0.2, 0.25) is 0 Å². The third kappa shape index (κ3) is 15.0. The summed E-state index contributed by atoms with van der Waals surface area (Å²) in [4.78, 5) is 65.2. The van der Waals surface area contributed by atoms with E-state index in [0.717, 1.165) is 41.7 Å². The van der Waals surface area contributed by atoms with Crippen molar-refractivity contribution in [3.05, 3.63) is 33.4 Å². The average Bonchev–Trinajstić information content (AvgIpc) is 0.677. The van der Waals surface area contributed by atoms with Gasteiger partial charge in [-0.25, -0.2) is 0 Å². The molecule has 6 saturated carbocycles. The van der Waals surface area contributed by atoms with Crippen molar-refractivity contribution in [1.82, 2.24) is 0 Å². The molecule has 9 N–H and O–H groups in total. The number of aliphatic hydroxyl groups is 9. The van der Waals surface area contributed by atoms with Crippen molar-refractivity contribution in [3.63, 3.8) is 0 Å². The van der Waals surface area contributed by atoms with E-state index in [1.54, 1.807) is 55.4 Å². The minimum atomic E-state index is -1.81. The molecular formula is C72H110Ac5O23S3. The summed E-state index contributed by atoms with van der Waals surface area (Å²) in [6.45, 7) is 31.1. The predicted octanol–water partition coefficient (Wildman–Crippen LogP) is 6.20. The molecular weight excluding hydrogens is 2460 g/mol. The number of rotatable bonds is 9. The molecule has 569 valence electrons. The van der Waals surface area contributed by atoms with Crippen LogP contribution in [0.1, 0.15) is 174 Å². The van der Waals surface area contributed by atoms with Crippen LogP contribution in [0.5, 0.6) is 0 Å². The number of esters is 3. The third-order valence-corrected chi connectivity index (χ3v) is 29.2. The van der Waals surface area contributed by atoms with Crippen molar-refractivity contribution in [2.45, 2.75) is 276 Å². The van der Waals surface area contributed by atoms with Crippen LogP contribution in [0.4, 0.5) is 0 Å². The number of hydrogen-bond donors (Lipinski definition) is 9. The Morgan fingerprint density at radius 3 is 1.19 bits per heavy atom. The van der Waals surface area contributed by atoms with Crippen LogP contribution in [-0.4, -0.2) is 221 Å². The molecule has 0 aromatic carbocycles. The van der Waals surface area contributed by atoms with Crippen molar-refractivity contribution in [2.24, 2.45) is 68.0 Å². The first-order valence-electron chi connectivity index (χ1n) is 36.4. The second kappa shape index (κ2) is 34.5. The first-order valence-corrected chi connectivity index (χ1v) is 37.0.